The number of piperazine rings is 1. The van der Waals surface area contributed by atoms with Crippen molar-refractivity contribution in [3.63, 3.8) is 0 Å². The molecule has 0 radical (unpaired) electrons. The van der Waals surface area contributed by atoms with Crippen LogP contribution in [0.2, 0.25) is 5.02 Å². The molecule has 0 amide bonds. The van der Waals surface area contributed by atoms with Crippen molar-refractivity contribution in [1.29, 1.82) is 0 Å². The van der Waals surface area contributed by atoms with Crippen molar-refractivity contribution < 1.29 is 0 Å². The third-order valence-electron chi connectivity index (χ3n) is 4.32. The van der Waals surface area contributed by atoms with Crippen molar-refractivity contribution in [2.45, 2.75) is 13.5 Å². The van der Waals surface area contributed by atoms with Gasteiger partial charge in [0.05, 0.1) is 0 Å². The van der Waals surface area contributed by atoms with Crippen LogP contribution in [0.1, 0.15) is 18.1 Å². The van der Waals surface area contributed by atoms with E-state index in [4.69, 9.17) is 11.6 Å². The van der Waals surface area contributed by atoms with Gasteiger partial charge in [-0.2, -0.15) is 5.10 Å². The van der Waals surface area contributed by atoms with Gasteiger partial charge in [0.1, 0.15) is 0 Å². The van der Waals surface area contributed by atoms with Crippen LogP contribution < -0.4 is 0 Å². The largest absolute Gasteiger partial charge is 0.295 e. The summed E-state index contributed by atoms with van der Waals surface area (Å²) in [6, 6.07) is 18.4. The zero-order chi connectivity index (χ0) is 17.5. The van der Waals surface area contributed by atoms with Gasteiger partial charge in [0.15, 0.2) is 0 Å². The van der Waals surface area contributed by atoms with Crippen molar-refractivity contribution in [1.82, 2.24) is 9.91 Å². The van der Waals surface area contributed by atoms with Crippen LogP contribution in [0.3, 0.4) is 0 Å². The van der Waals surface area contributed by atoms with E-state index in [2.05, 4.69) is 58.3 Å². The van der Waals surface area contributed by atoms with Gasteiger partial charge in [-0.3, -0.25) is 9.91 Å². The fraction of sp³-hybridized carbons (Fsp3) is 0.286. The lowest BCUT2D eigenvalue weighted by Crippen LogP contribution is -2.43. The molecular weight excluding hydrogens is 330 g/mol. The Labute approximate surface area is 155 Å². The Hall–Kier alpha value is -2.10. The molecule has 25 heavy (non-hydrogen) atoms. The van der Waals surface area contributed by atoms with Crippen molar-refractivity contribution in [3.05, 3.63) is 76.3 Å². The lowest BCUT2D eigenvalue weighted by atomic mass is 10.1. The first-order valence-electron chi connectivity index (χ1n) is 8.69. The molecular formula is C21H24ClN3. The van der Waals surface area contributed by atoms with Gasteiger partial charge in [-0.15, -0.1) is 0 Å². The minimum atomic E-state index is 0.852. The average molecular weight is 354 g/mol. The number of hydrogen-bond donors (Lipinski definition) is 0. The second kappa shape index (κ2) is 8.84. The van der Waals surface area contributed by atoms with Crippen LogP contribution in [0.4, 0.5) is 0 Å². The lowest BCUT2D eigenvalue weighted by molar-refractivity contribution is 0.131. The molecule has 0 aromatic heterocycles. The van der Waals surface area contributed by atoms with E-state index in [-0.39, 0.29) is 0 Å². The molecule has 2 aromatic rings. The van der Waals surface area contributed by atoms with Crippen molar-refractivity contribution >= 4 is 23.9 Å². The van der Waals surface area contributed by atoms with E-state index < -0.39 is 0 Å². The molecule has 3 rings (SSSR count). The molecule has 3 nitrogen and oxygen atoms in total. The predicted octanol–water partition coefficient (Wildman–Crippen LogP) is 4.55. The molecule has 0 aliphatic carbocycles. The third kappa shape index (κ3) is 5.45. The standard InChI is InChI=1S/C21H24ClN3/c1-18(15-19-7-3-2-4-8-19)16-23-25-13-11-24(12-14-25)17-20-9-5-6-10-21(20)22/h2-10,15-16H,11-14,17H2,1H3/b18-15-,23-16-. The monoisotopic (exact) mass is 353 g/mol. The van der Waals surface area contributed by atoms with Crippen molar-refractivity contribution in [2.24, 2.45) is 5.10 Å². The molecule has 0 saturated carbocycles. The second-order valence-corrected chi connectivity index (χ2v) is 6.77. The van der Waals surface area contributed by atoms with Crippen molar-refractivity contribution in [3.8, 4) is 0 Å². The minimum Gasteiger partial charge on any atom is -0.295 e. The summed E-state index contributed by atoms with van der Waals surface area (Å²) in [4.78, 5) is 2.43. The lowest BCUT2D eigenvalue weighted by Gasteiger charge is -2.33. The van der Waals surface area contributed by atoms with Gasteiger partial charge in [-0.05, 0) is 29.7 Å². The first kappa shape index (κ1) is 17.7. The van der Waals surface area contributed by atoms with E-state index in [1.807, 2.05) is 30.5 Å². The molecule has 4 heteroatoms. The van der Waals surface area contributed by atoms with Crippen LogP contribution in [-0.4, -0.2) is 42.3 Å². The third-order valence-corrected chi connectivity index (χ3v) is 4.69. The molecule has 0 bridgehead atoms. The van der Waals surface area contributed by atoms with Gasteiger partial charge < -0.3 is 0 Å². The SMILES string of the molecule is CC(/C=N\N1CCN(Cc2ccccc2Cl)CC1)=C/c1ccccc1. The number of rotatable bonds is 5. The highest BCUT2D eigenvalue weighted by molar-refractivity contribution is 6.31. The summed E-state index contributed by atoms with van der Waals surface area (Å²) in [6.07, 6.45) is 4.11. The fourth-order valence-electron chi connectivity index (χ4n) is 2.90. The maximum atomic E-state index is 6.26. The molecule has 0 atom stereocenters. The summed E-state index contributed by atoms with van der Waals surface area (Å²) in [5.41, 5.74) is 3.56. The van der Waals surface area contributed by atoms with Gasteiger partial charge in [0, 0.05) is 44.0 Å². The first-order valence-corrected chi connectivity index (χ1v) is 9.06. The van der Waals surface area contributed by atoms with Crippen LogP contribution in [0.15, 0.2) is 65.3 Å². The van der Waals surface area contributed by atoms with Crippen LogP contribution >= 0.6 is 11.6 Å². The van der Waals surface area contributed by atoms with E-state index in [1.165, 1.54) is 11.1 Å². The van der Waals surface area contributed by atoms with Crippen LogP contribution in [0.5, 0.6) is 0 Å². The molecule has 0 spiro atoms. The van der Waals surface area contributed by atoms with Gasteiger partial charge in [0.2, 0.25) is 0 Å². The summed E-state index contributed by atoms with van der Waals surface area (Å²) >= 11 is 6.26. The van der Waals surface area contributed by atoms with Gasteiger partial charge in [0.25, 0.3) is 0 Å². The maximum absolute atomic E-state index is 6.26. The molecule has 1 aliphatic rings. The number of allylic oxidation sites excluding steroid dienone is 1. The fourth-order valence-corrected chi connectivity index (χ4v) is 3.10. The van der Waals surface area contributed by atoms with Crippen molar-refractivity contribution in [2.75, 3.05) is 26.2 Å². The zero-order valence-electron chi connectivity index (χ0n) is 14.6. The topological polar surface area (TPSA) is 18.8 Å². The molecule has 1 heterocycles. The van der Waals surface area contributed by atoms with E-state index in [9.17, 15) is 0 Å². The molecule has 1 fully saturated rings. The smallest absolute Gasteiger partial charge is 0.0499 e. The summed E-state index contributed by atoms with van der Waals surface area (Å²) in [6.45, 7) is 6.89. The highest BCUT2D eigenvalue weighted by atomic mass is 35.5. The van der Waals surface area contributed by atoms with E-state index >= 15 is 0 Å². The number of hydrazone groups is 1. The Bertz CT molecular complexity index is 732. The Morgan fingerprint density at radius 2 is 1.68 bits per heavy atom. The normalized spacial score (nSPS) is 16.6. The Morgan fingerprint density at radius 1 is 1.00 bits per heavy atom. The average Bonchev–Trinajstić information content (AvgIpc) is 2.64. The summed E-state index contributed by atoms with van der Waals surface area (Å²) < 4.78 is 0. The quantitative estimate of drug-likeness (QED) is 0.734. The van der Waals surface area contributed by atoms with Gasteiger partial charge >= 0.3 is 0 Å². The Morgan fingerprint density at radius 3 is 2.40 bits per heavy atom. The van der Waals surface area contributed by atoms with E-state index in [0.717, 1.165) is 43.3 Å². The molecule has 130 valence electrons. The number of hydrogen-bond acceptors (Lipinski definition) is 3. The Balaban J connectivity index is 1.49. The van der Waals surface area contributed by atoms with Crippen LogP contribution in [-0.2, 0) is 6.54 Å². The van der Waals surface area contributed by atoms with E-state index in [1.54, 1.807) is 0 Å². The van der Waals surface area contributed by atoms with Gasteiger partial charge in [-0.25, -0.2) is 0 Å². The zero-order valence-corrected chi connectivity index (χ0v) is 15.4. The van der Waals surface area contributed by atoms with Gasteiger partial charge in [-0.1, -0.05) is 66.2 Å². The van der Waals surface area contributed by atoms with E-state index in [0.29, 0.717) is 0 Å². The molecule has 1 saturated heterocycles. The number of benzene rings is 2. The molecule has 0 N–H and O–H groups in total. The molecule has 1 aliphatic heterocycles. The first-order chi connectivity index (χ1) is 12.2. The second-order valence-electron chi connectivity index (χ2n) is 6.36. The van der Waals surface area contributed by atoms with Crippen LogP contribution in [0, 0.1) is 0 Å². The number of halogens is 1. The highest BCUT2D eigenvalue weighted by Gasteiger charge is 2.16. The molecule has 0 unspecified atom stereocenters. The minimum absolute atomic E-state index is 0.852. The predicted molar refractivity (Wildman–Crippen MR) is 107 cm³/mol. The van der Waals surface area contributed by atoms with Crippen LogP contribution in [0.25, 0.3) is 6.08 Å². The summed E-state index contributed by atoms with van der Waals surface area (Å²) in [7, 11) is 0. The Kier molecular flexibility index (Phi) is 6.26. The highest BCUT2D eigenvalue weighted by Crippen LogP contribution is 2.18. The molecule has 2 aromatic carbocycles. The summed E-state index contributed by atoms with van der Waals surface area (Å²) in [5, 5.41) is 7.62. The maximum Gasteiger partial charge on any atom is 0.0499 e. The number of nitrogens with zero attached hydrogens (tertiary/aromatic N) is 3. The summed E-state index contributed by atoms with van der Waals surface area (Å²) in [5.74, 6) is 0.